The molecular weight excluding hydrogens is 294 g/mol. The molecular formula is C18H21NO4. The van der Waals surface area contributed by atoms with Gasteiger partial charge >= 0.3 is 5.97 Å². The fourth-order valence-corrected chi connectivity index (χ4v) is 2.23. The molecule has 0 saturated carbocycles. The molecule has 0 aliphatic rings. The highest BCUT2D eigenvalue weighted by Crippen LogP contribution is 2.19. The Hall–Kier alpha value is -2.56. The Morgan fingerprint density at radius 2 is 1.87 bits per heavy atom. The highest BCUT2D eigenvalue weighted by Gasteiger charge is 2.19. The van der Waals surface area contributed by atoms with Crippen molar-refractivity contribution in [3.05, 3.63) is 53.5 Å². The lowest BCUT2D eigenvalue weighted by molar-refractivity contribution is -0.153. The van der Waals surface area contributed by atoms with Crippen molar-refractivity contribution in [2.75, 3.05) is 5.32 Å². The average molecular weight is 315 g/mol. The lowest BCUT2D eigenvalue weighted by Gasteiger charge is -2.16. The highest BCUT2D eigenvalue weighted by molar-refractivity contribution is 5.96. The van der Waals surface area contributed by atoms with Crippen molar-refractivity contribution in [1.29, 1.82) is 0 Å². The van der Waals surface area contributed by atoms with Gasteiger partial charge < -0.3 is 14.5 Å². The zero-order chi connectivity index (χ0) is 16.8. The van der Waals surface area contributed by atoms with Gasteiger partial charge in [0.2, 0.25) is 0 Å². The number of para-hydroxylation sites is 1. The van der Waals surface area contributed by atoms with Gasteiger partial charge in [-0.1, -0.05) is 18.2 Å². The summed E-state index contributed by atoms with van der Waals surface area (Å²) in [4.78, 5) is 24.0. The summed E-state index contributed by atoms with van der Waals surface area (Å²) in [5, 5.41) is 2.82. The number of furan rings is 1. The molecule has 0 unspecified atom stereocenters. The number of anilines is 1. The lowest BCUT2D eigenvalue weighted by Crippen LogP contribution is -2.30. The number of carbonyl (C=O) groups excluding carboxylic acids is 2. The third kappa shape index (κ3) is 4.71. The number of aryl methyl sites for hydroxylation is 3. The Morgan fingerprint density at radius 3 is 2.48 bits per heavy atom. The molecule has 0 aliphatic carbocycles. The Kier molecular flexibility index (Phi) is 5.57. The van der Waals surface area contributed by atoms with Gasteiger partial charge in [-0.25, -0.2) is 0 Å². The maximum absolute atomic E-state index is 12.2. The Balaban J connectivity index is 1.86. The van der Waals surface area contributed by atoms with Crippen LogP contribution in [0.5, 0.6) is 0 Å². The quantitative estimate of drug-likeness (QED) is 0.830. The first-order valence-corrected chi connectivity index (χ1v) is 7.56. The van der Waals surface area contributed by atoms with Crippen LogP contribution < -0.4 is 5.32 Å². The van der Waals surface area contributed by atoms with Gasteiger partial charge in [-0.3, -0.25) is 9.59 Å². The van der Waals surface area contributed by atoms with E-state index in [1.54, 1.807) is 25.3 Å². The van der Waals surface area contributed by atoms with E-state index in [2.05, 4.69) is 5.32 Å². The third-order valence-corrected chi connectivity index (χ3v) is 3.56. The Bertz CT molecular complexity index is 656. The fraction of sp³-hybridized carbons (Fsp3) is 0.333. The summed E-state index contributed by atoms with van der Waals surface area (Å²) in [5.74, 6) is -0.0473. The second-order valence-electron chi connectivity index (χ2n) is 5.47. The first-order valence-electron chi connectivity index (χ1n) is 7.56. The molecule has 1 aromatic carbocycles. The number of nitrogens with one attached hydrogen (secondary N) is 1. The van der Waals surface area contributed by atoms with E-state index in [1.165, 1.54) is 0 Å². The van der Waals surface area contributed by atoms with E-state index in [0.717, 1.165) is 22.6 Å². The molecule has 0 saturated heterocycles. The molecule has 1 heterocycles. The van der Waals surface area contributed by atoms with Gasteiger partial charge in [-0.2, -0.15) is 0 Å². The van der Waals surface area contributed by atoms with Gasteiger partial charge in [0.15, 0.2) is 6.10 Å². The summed E-state index contributed by atoms with van der Waals surface area (Å²) in [7, 11) is 0. The van der Waals surface area contributed by atoms with Crippen LogP contribution in [0.4, 0.5) is 5.69 Å². The number of carbonyl (C=O) groups is 2. The summed E-state index contributed by atoms with van der Waals surface area (Å²) in [5.41, 5.74) is 2.69. The summed E-state index contributed by atoms with van der Waals surface area (Å²) in [6.45, 7) is 5.40. The van der Waals surface area contributed by atoms with E-state index in [9.17, 15) is 9.59 Å². The number of rotatable bonds is 6. The molecule has 1 aromatic heterocycles. The molecule has 122 valence electrons. The lowest BCUT2D eigenvalue weighted by atomic mass is 10.1. The van der Waals surface area contributed by atoms with Crippen molar-refractivity contribution < 1.29 is 18.7 Å². The Morgan fingerprint density at radius 1 is 1.17 bits per heavy atom. The fourth-order valence-electron chi connectivity index (χ4n) is 2.23. The topological polar surface area (TPSA) is 68.5 Å². The first-order chi connectivity index (χ1) is 11.0. The molecule has 2 aromatic rings. The van der Waals surface area contributed by atoms with E-state index in [4.69, 9.17) is 9.15 Å². The zero-order valence-corrected chi connectivity index (χ0v) is 13.6. The molecule has 1 amide bonds. The minimum absolute atomic E-state index is 0.175. The van der Waals surface area contributed by atoms with E-state index < -0.39 is 12.1 Å². The maximum atomic E-state index is 12.2. The van der Waals surface area contributed by atoms with Gasteiger partial charge in [0.25, 0.3) is 5.91 Å². The van der Waals surface area contributed by atoms with Gasteiger partial charge in [-0.05, 0) is 44.0 Å². The van der Waals surface area contributed by atoms with E-state index in [0.29, 0.717) is 6.42 Å². The molecule has 0 spiro atoms. The summed E-state index contributed by atoms with van der Waals surface area (Å²) in [6.07, 6.45) is 1.34. The summed E-state index contributed by atoms with van der Waals surface area (Å²) >= 11 is 0. The standard InChI is InChI=1S/C18H21NO4/c1-12-6-4-7-13(2)17(12)19-18(21)14(3)23-16(20)10-9-15-8-5-11-22-15/h4-8,11,14H,9-10H2,1-3H3,(H,19,21)/t14-/m1/s1. The monoisotopic (exact) mass is 315 g/mol. The van der Waals surface area contributed by atoms with Crippen LogP contribution in [-0.2, 0) is 20.7 Å². The minimum Gasteiger partial charge on any atom is -0.469 e. The summed E-state index contributed by atoms with van der Waals surface area (Å²) in [6, 6.07) is 9.33. The number of ether oxygens (including phenoxy) is 1. The molecule has 0 fully saturated rings. The predicted octanol–water partition coefficient (Wildman–Crippen LogP) is 3.40. The number of benzene rings is 1. The SMILES string of the molecule is Cc1cccc(C)c1NC(=O)[C@@H](C)OC(=O)CCc1ccco1. The molecule has 23 heavy (non-hydrogen) atoms. The smallest absolute Gasteiger partial charge is 0.307 e. The van der Waals surface area contributed by atoms with Crippen molar-refractivity contribution in [3.63, 3.8) is 0 Å². The second-order valence-corrected chi connectivity index (χ2v) is 5.47. The molecule has 0 radical (unpaired) electrons. The molecule has 5 nitrogen and oxygen atoms in total. The Labute approximate surface area is 135 Å². The molecule has 2 rings (SSSR count). The number of hydrogen-bond donors (Lipinski definition) is 1. The molecule has 1 atom stereocenters. The van der Waals surface area contributed by atoms with Crippen LogP contribution >= 0.6 is 0 Å². The van der Waals surface area contributed by atoms with Crippen molar-refractivity contribution in [3.8, 4) is 0 Å². The normalized spacial score (nSPS) is 11.8. The van der Waals surface area contributed by atoms with Gasteiger partial charge in [0, 0.05) is 12.1 Å². The molecule has 1 N–H and O–H groups in total. The molecule has 5 heteroatoms. The molecule has 0 bridgehead atoms. The van der Waals surface area contributed by atoms with Crippen LogP contribution in [0.15, 0.2) is 41.0 Å². The van der Waals surface area contributed by atoms with Crippen LogP contribution in [0.25, 0.3) is 0 Å². The van der Waals surface area contributed by atoms with E-state index >= 15 is 0 Å². The third-order valence-electron chi connectivity index (χ3n) is 3.56. The predicted molar refractivity (Wildman–Crippen MR) is 87.1 cm³/mol. The van der Waals surface area contributed by atoms with E-state index in [-0.39, 0.29) is 12.3 Å². The first kappa shape index (κ1) is 16.8. The average Bonchev–Trinajstić information content (AvgIpc) is 3.02. The van der Waals surface area contributed by atoms with Crippen molar-refractivity contribution in [2.45, 2.75) is 39.7 Å². The number of amides is 1. The van der Waals surface area contributed by atoms with Gasteiger partial charge in [0.1, 0.15) is 5.76 Å². The van der Waals surface area contributed by atoms with Crippen LogP contribution in [0.1, 0.15) is 30.2 Å². The summed E-state index contributed by atoms with van der Waals surface area (Å²) < 4.78 is 10.3. The molecule has 0 aliphatic heterocycles. The van der Waals surface area contributed by atoms with Crippen molar-refractivity contribution in [2.24, 2.45) is 0 Å². The van der Waals surface area contributed by atoms with Crippen molar-refractivity contribution >= 4 is 17.6 Å². The van der Waals surface area contributed by atoms with Crippen LogP contribution in [0, 0.1) is 13.8 Å². The highest BCUT2D eigenvalue weighted by atomic mass is 16.5. The van der Waals surface area contributed by atoms with E-state index in [1.807, 2.05) is 32.0 Å². The van der Waals surface area contributed by atoms with Crippen LogP contribution in [-0.4, -0.2) is 18.0 Å². The number of hydrogen-bond acceptors (Lipinski definition) is 4. The van der Waals surface area contributed by atoms with Gasteiger partial charge in [0.05, 0.1) is 12.7 Å². The zero-order valence-electron chi connectivity index (χ0n) is 13.6. The maximum Gasteiger partial charge on any atom is 0.307 e. The van der Waals surface area contributed by atoms with Crippen molar-refractivity contribution in [1.82, 2.24) is 0 Å². The van der Waals surface area contributed by atoms with Crippen LogP contribution in [0.3, 0.4) is 0 Å². The van der Waals surface area contributed by atoms with Crippen LogP contribution in [0.2, 0.25) is 0 Å². The van der Waals surface area contributed by atoms with Gasteiger partial charge in [-0.15, -0.1) is 0 Å². The second kappa shape index (κ2) is 7.63. The number of esters is 1. The largest absolute Gasteiger partial charge is 0.469 e. The minimum atomic E-state index is -0.849.